The number of carboxylic acid groups (broad SMARTS) is 1. The van der Waals surface area contributed by atoms with E-state index in [2.05, 4.69) is 52.9 Å². The van der Waals surface area contributed by atoms with Crippen molar-refractivity contribution in [2.45, 2.75) is 37.2 Å². The molecule has 0 aliphatic carbocycles. The zero-order valence-electron chi connectivity index (χ0n) is 28.2. The van der Waals surface area contributed by atoms with Gasteiger partial charge in [0, 0.05) is 29.5 Å². The van der Waals surface area contributed by atoms with Gasteiger partial charge in [-0.15, -0.1) is 0 Å². The Kier molecular flexibility index (Phi) is 12.3. The second-order valence-electron chi connectivity index (χ2n) is 12.6. The predicted molar refractivity (Wildman–Crippen MR) is 190 cm³/mol. The number of fused-ring (bicyclic) bond motifs is 1. The van der Waals surface area contributed by atoms with Crippen LogP contribution in [0.3, 0.4) is 0 Å². The Balaban J connectivity index is 0.00000156. The Labute approximate surface area is 292 Å². The number of phenolic OH excluding ortho intramolecular Hbond substituents is 2. The number of amides is 1. The van der Waals surface area contributed by atoms with Crippen LogP contribution in [-0.4, -0.2) is 84.1 Å². The number of ether oxygens (including phenoxy) is 2. The highest BCUT2D eigenvalue weighted by molar-refractivity contribution is 5.97. The lowest BCUT2D eigenvalue weighted by Crippen LogP contribution is -2.41. The lowest BCUT2D eigenvalue weighted by atomic mass is 9.67. The van der Waals surface area contributed by atoms with Gasteiger partial charge in [-0.05, 0) is 93.0 Å². The molecular formula is C39H45N3O8. The highest BCUT2D eigenvalue weighted by Crippen LogP contribution is 2.45. The van der Waals surface area contributed by atoms with Gasteiger partial charge >= 0.3 is 0 Å². The molecule has 2 aliphatic heterocycles. The van der Waals surface area contributed by atoms with Gasteiger partial charge in [0.2, 0.25) is 0 Å². The molecule has 11 nitrogen and oxygen atoms in total. The minimum atomic E-state index is -0.868. The lowest BCUT2D eigenvalue weighted by molar-refractivity contribution is -0.123. The topological polar surface area (TPSA) is 161 Å². The summed E-state index contributed by atoms with van der Waals surface area (Å²) in [5.74, 6) is 1.01. The van der Waals surface area contributed by atoms with Gasteiger partial charge < -0.3 is 45.4 Å². The first-order valence-corrected chi connectivity index (χ1v) is 16.8. The predicted octanol–water partition coefficient (Wildman–Crippen LogP) is 4.63. The number of phenols is 2. The molecule has 0 unspecified atom stereocenters. The maximum Gasteiger partial charge on any atom is 0.290 e. The number of hydrogen-bond acceptors (Lipinski definition) is 9. The molecule has 0 radical (unpaired) electrons. The summed E-state index contributed by atoms with van der Waals surface area (Å²) in [4.78, 5) is 22.3. The number of aliphatic hydroxyl groups excluding tert-OH is 1. The Hall–Kier alpha value is -5.10. The van der Waals surface area contributed by atoms with Crippen molar-refractivity contribution in [3.8, 4) is 23.0 Å². The maximum absolute atomic E-state index is 11.6. The van der Waals surface area contributed by atoms with Crippen LogP contribution in [0.5, 0.6) is 23.0 Å². The van der Waals surface area contributed by atoms with E-state index >= 15 is 0 Å². The van der Waals surface area contributed by atoms with Crippen molar-refractivity contribution in [3.63, 3.8) is 0 Å². The summed E-state index contributed by atoms with van der Waals surface area (Å²) in [5.41, 5.74) is 5.02. The largest absolute Gasteiger partial charge is 0.508 e. The highest BCUT2D eigenvalue weighted by Gasteiger charge is 2.39. The van der Waals surface area contributed by atoms with Crippen molar-refractivity contribution >= 4 is 18.1 Å². The molecule has 2 aliphatic rings. The van der Waals surface area contributed by atoms with E-state index in [-0.39, 0.29) is 42.4 Å². The second-order valence-corrected chi connectivity index (χ2v) is 12.6. The highest BCUT2D eigenvalue weighted by atomic mass is 16.5. The van der Waals surface area contributed by atoms with Gasteiger partial charge in [0.15, 0.2) is 12.4 Å². The Morgan fingerprint density at radius 1 is 0.960 bits per heavy atom. The van der Waals surface area contributed by atoms with Crippen molar-refractivity contribution in [3.05, 3.63) is 113 Å². The fraction of sp³-hybridized carbons (Fsp3) is 0.333. The standard InChI is InChI=1S/C38H43N3O6.CH2O2/c1-41-20-17-38(18-21-41,28-5-3-2-4-6-28)31-23-27(9-13-32(31)42)16-22-46-29-10-7-26(8-11-29)15-19-39-24-34(44)30-12-14-33(43)36-37(30)47-25-35(45)40-36;2-1-3/h2-14,23,34,39,42-44H,15-22,24-25H2,1H3,(H,40,45);1H,(H,2,3)/t34-;/m0./s1. The van der Waals surface area contributed by atoms with Crippen LogP contribution < -0.4 is 20.1 Å². The van der Waals surface area contributed by atoms with Crippen molar-refractivity contribution in [2.75, 3.05) is 51.8 Å². The number of nitrogens with zero attached hydrogens (tertiary/aromatic N) is 1. The van der Waals surface area contributed by atoms with Crippen LogP contribution in [0.4, 0.5) is 5.69 Å². The minimum Gasteiger partial charge on any atom is -0.508 e. The van der Waals surface area contributed by atoms with Crippen LogP contribution in [0.15, 0.2) is 84.9 Å². The average Bonchev–Trinajstić information content (AvgIpc) is 3.13. The number of benzene rings is 4. The first-order chi connectivity index (χ1) is 24.2. The first kappa shape index (κ1) is 36.2. The SMILES string of the molecule is CN1CCC(c2ccccc2)(c2cc(CCOc3ccc(CCNC[C@H](O)c4ccc(O)c5c4OCC(=O)N5)cc3)ccc2O)CC1.O=CO. The monoisotopic (exact) mass is 683 g/mol. The number of nitrogens with one attached hydrogen (secondary N) is 2. The second kappa shape index (κ2) is 17.0. The zero-order valence-corrected chi connectivity index (χ0v) is 28.2. The number of piperidine rings is 1. The minimum absolute atomic E-state index is 0.0985. The third kappa shape index (κ3) is 8.73. The molecule has 11 heteroatoms. The molecule has 6 N–H and O–H groups in total. The van der Waals surface area contributed by atoms with E-state index in [4.69, 9.17) is 19.4 Å². The molecule has 0 bridgehead atoms. The van der Waals surface area contributed by atoms with E-state index < -0.39 is 6.10 Å². The number of anilines is 1. The van der Waals surface area contributed by atoms with Gasteiger partial charge in [-0.3, -0.25) is 9.59 Å². The number of carbonyl (C=O) groups is 2. The van der Waals surface area contributed by atoms with Gasteiger partial charge in [0.05, 0.1) is 12.7 Å². The molecular weight excluding hydrogens is 638 g/mol. The number of aliphatic hydroxyl groups is 1. The first-order valence-electron chi connectivity index (χ1n) is 16.8. The third-order valence-electron chi connectivity index (χ3n) is 9.39. The maximum atomic E-state index is 11.6. The van der Waals surface area contributed by atoms with Crippen molar-refractivity contribution in [2.24, 2.45) is 0 Å². The van der Waals surface area contributed by atoms with E-state index in [9.17, 15) is 20.1 Å². The quantitative estimate of drug-likeness (QED) is 0.0706. The average molecular weight is 684 g/mol. The van der Waals surface area contributed by atoms with Gasteiger partial charge in [-0.1, -0.05) is 54.6 Å². The molecule has 1 amide bonds. The van der Waals surface area contributed by atoms with Gasteiger partial charge in [-0.25, -0.2) is 0 Å². The molecule has 264 valence electrons. The van der Waals surface area contributed by atoms with Crippen LogP contribution in [0.25, 0.3) is 0 Å². The lowest BCUT2D eigenvalue weighted by Gasteiger charge is -2.42. The molecule has 1 fully saturated rings. The van der Waals surface area contributed by atoms with Crippen LogP contribution in [-0.2, 0) is 27.8 Å². The molecule has 0 saturated carbocycles. The molecule has 2 heterocycles. The van der Waals surface area contributed by atoms with Crippen LogP contribution in [0.1, 0.15) is 46.8 Å². The van der Waals surface area contributed by atoms with E-state index in [1.54, 1.807) is 6.07 Å². The molecule has 4 aromatic rings. The summed E-state index contributed by atoms with van der Waals surface area (Å²) < 4.78 is 11.6. The van der Waals surface area contributed by atoms with Crippen LogP contribution in [0.2, 0.25) is 0 Å². The fourth-order valence-electron chi connectivity index (χ4n) is 6.65. The molecule has 0 spiro atoms. The van der Waals surface area contributed by atoms with Crippen molar-refractivity contribution < 1.29 is 39.5 Å². The number of aromatic hydroxyl groups is 2. The summed E-state index contributed by atoms with van der Waals surface area (Å²) in [6.07, 6.45) is 2.54. The molecule has 6 rings (SSSR count). The van der Waals surface area contributed by atoms with Crippen LogP contribution in [0, 0.1) is 0 Å². The summed E-state index contributed by atoms with van der Waals surface area (Å²) in [7, 11) is 2.16. The van der Waals surface area contributed by atoms with Crippen LogP contribution >= 0.6 is 0 Å². The van der Waals surface area contributed by atoms with Gasteiger partial charge in [0.25, 0.3) is 12.4 Å². The molecule has 1 atom stereocenters. The summed E-state index contributed by atoms with van der Waals surface area (Å²) >= 11 is 0. The van der Waals surface area contributed by atoms with E-state index in [0.29, 0.717) is 30.2 Å². The molecule has 4 aromatic carbocycles. The van der Waals surface area contributed by atoms with Crippen molar-refractivity contribution in [1.82, 2.24) is 10.2 Å². The van der Waals surface area contributed by atoms with Gasteiger partial charge in [0.1, 0.15) is 22.9 Å². The number of rotatable bonds is 12. The summed E-state index contributed by atoms with van der Waals surface area (Å²) in [5, 5.41) is 44.6. The summed E-state index contributed by atoms with van der Waals surface area (Å²) in [6, 6.07) is 27.7. The Bertz CT molecular complexity index is 1720. The Morgan fingerprint density at radius 2 is 1.64 bits per heavy atom. The smallest absolute Gasteiger partial charge is 0.290 e. The van der Waals surface area contributed by atoms with E-state index in [0.717, 1.165) is 61.2 Å². The number of hydrogen-bond donors (Lipinski definition) is 6. The summed E-state index contributed by atoms with van der Waals surface area (Å²) in [6.45, 7) is 3.02. The van der Waals surface area contributed by atoms with E-state index in [1.165, 1.54) is 11.6 Å². The van der Waals surface area contributed by atoms with Gasteiger partial charge in [-0.2, -0.15) is 0 Å². The number of carbonyl (C=O) groups excluding carboxylic acids is 1. The Morgan fingerprint density at radius 3 is 2.36 bits per heavy atom. The molecule has 0 aromatic heterocycles. The van der Waals surface area contributed by atoms with Crippen molar-refractivity contribution in [1.29, 1.82) is 0 Å². The normalized spacial score (nSPS) is 15.8. The van der Waals surface area contributed by atoms with E-state index in [1.807, 2.05) is 42.5 Å². The fourth-order valence-corrected chi connectivity index (χ4v) is 6.65. The third-order valence-corrected chi connectivity index (χ3v) is 9.39. The number of likely N-dealkylation sites (tertiary alicyclic amines) is 1. The zero-order chi connectivity index (χ0) is 35.5. The molecule has 1 saturated heterocycles. The molecule has 50 heavy (non-hydrogen) atoms.